The third-order valence-electron chi connectivity index (χ3n) is 3.57. The van der Waals surface area contributed by atoms with Crippen molar-refractivity contribution in [1.82, 2.24) is 0 Å². The summed E-state index contributed by atoms with van der Waals surface area (Å²) in [7, 11) is 3.12. The maximum atomic E-state index is 11.7. The smallest absolute Gasteiger partial charge is 0.231 e. The number of benzene rings is 2. The van der Waals surface area contributed by atoms with Gasteiger partial charge in [-0.25, -0.2) is 0 Å². The van der Waals surface area contributed by atoms with E-state index in [1.54, 1.807) is 26.4 Å². The van der Waals surface area contributed by atoms with Gasteiger partial charge in [0.2, 0.25) is 6.79 Å². The number of carbonyl (C=O) groups excluding carboxylic acids is 1. The topological polar surface area (TPSA) is 54.0 Å². The van der Waals surface area contributed by atoms with Crippen LogP contribution in [0.3, 0.4) is 0 Å². The summed E-state index contributed by atoms with van der Waals surface area (Å²) in [5, 5.41) is 0. The highest BCUT2D eigenvalue weighted by molar-refractivity contribution is 5.97. The number of methoxy groups -OCH3 is 2. The quantitative estimate of drug-likeness (QED) is 0.811. The molecule has 114 valence electrons. The van der Waals surface area contributed by atoms with Gasteiger partial charge in [-0.3, -0.25) is 4.79 Å². The molecule has 0 saturated heterocycles. The molecule has 22 heavy (non-hydrogen) atoms. The summed E-state index contributed by atoms with van der Waals surface area (Å²) in [6, 6.07) is 9.07. The molecular weight excluding hydrogens is 284 g/mol. The Labute approximate surface area is 128 Å². The second kappa shape index (κ2) is 5.60. The predicted molar refractivity (Wildman–Crippen MR) is 81.1 cm³/mol. The van der Waals surface area contributed by atoms with Gasteiger partial charge in [0.05, 0.1) is 14.2 Å². The SMILES string of the molecule is COc1cc(C(C)=O)cc(-c2ccc3c(c2)OCO3)c1OC. The van der Waals surface area contributed by atoms with Crippen molar-refractivity contribution in [3.63, 3.8) is 0 Å². The molecule has 0 aliphatic carbocycles. The molecule has 2 aromatic carbocycles. The van der Waals surface area contributed by atoms with Crippen molar-refractivity contribution in [3.05, 3.63) is 35.9 Å². The summed E-state index contributed by atoms with van der Waals surface area (Å²) in [6.45, 7) is 1.73. The molecular formula is C17H16O5. The van der Waals surface area contributed by atoms with Gasteiger partial charge >= 0.3 is 0 Å². The second-order valence-corrected chi connectivity index (χ2v) is 4.88. The van der Waals surface area contributed by atoms with Crippen LogP contribution >= 0.6 is 0 Å². The van der Waals surface area contributed by atoms with E-state index in [9.17, 15) is 4.79 Å². The molecule has 1 heterocycles. The van der Waals surface area contributed by atoms with Gasteiger partial charge in [0.15, 0.2) is 28.8 Å². The van der Waals surface area contributed by atoms with E-state index in [-0.39, 0.29) is 12.6 Å². The summed E-state index contributed by atoms with van der Waals surface area (Å²) < 4.78 is 21.5. The van der Waals surface area contributed by atoms with Crippen LogP contribution in [0, 0.1) is 0 Å². The third kappa shape index (κ3) is 2.35. The molecule has 0 saturated carbocycles. The minimum absolute atomic E-state index is 0.0389. The van der Waals surface area contributed by atoms with Crippen molar-refractivity contribution >= 4 is 5.78 Å². The Balaban J connectivity index is 2.19. The minimum atomic E-state index is -0.0389. The molecule has 0 amide bonds. The predicted octanol–water partition coefficient (Wildman–Crippen LogP) is 3.30. The molecule has 5 heteroatoms. The van der Waals surface area contributed by atoms with Crippen LogP contribution in [0.25, 0.3) is 11.1 Å². The standard InChI is InChI=1S/C17H16O5/c1-10(18)12-6-13(17(20-3)16(8-12)19-2)11-4-5-14-15(7-11)22-9-21-14/h4-8H,9H2,1-3H3. The normalized spacial score (nSPS) is 12.1. The van der Waals surface area contributed by atoms with Crippen LogP contribution in [0.4, 0.5) is 0 Å². The molecule has 2 aromatic rings. The van der Waals surface area contributed by atoms with Gasteiger partial charge in [-0.2, -0.15) is 0 Å². The van der Waals surface area contributed by atoms with E-state index in [2.05, 4.69) is 0 Å². The molecule has 1 aliphatic rings. The number of ether oxygens (including phenoxy) is 4. The molecule has 5 nitrogen and oxygen atoms in total. The van der Waals surface area contributed by atoms with E-state index in [0.717, 1.165) is 11.1 Å². The van der Waals surface area contributed by atoms with Crippen molar-refractivity contribution in [1.29, 1.82) is 0 Å². The summed E-state index contributed by atoms with van der Waals surface area (Å²) in [5.74, 6) is 2.43. The highest BCUT2D eigenvalue weighted by Crippen LogP contribution is 2.42. The fourth-order valence-corrected chi connectivity index (χ4v) is 2.45. The van der Waals surface area contributed by atoms with E-state index >= 15 is 0 Å². The van der Waals surface area contributed by atoms with Crippen LogP contribution in [-0.2, 0) is 0 Å². The van der Waals surface area contributed by atoms with Crippen molar-refractivity contribution in [2.45, 2.75) is 6.92 Å². The molecule has 0 unspecified atom stereocenters. The van der Waals surface area contributed by atoms with Crippen molar-refractivity contribution in [2.24, 2.45) is 0 Å². The summed E-state index contributed by atoms with van der Waals surface area (Å²) in [4.78, 5) is 11.7. The van der Waals surface area contributed by atoms with Crippen molar-refractivity contribution in [3.8, 4) is 34.1 Å². The first-order chi connectivity index (χ1) is 10.6. The molecule has 3 rings (SSSR count). The highest BCUT2D eigenvalue weighted by atomic mass is 16.7. The summed E-state index contributed by atoms with van der Waals surface area (Å²) in [6.07, 6.45) is 0. The van der Waals surface area contributed by atoms with Gasteiger partial charge < -0.3 is 18.9 Å². The first kappa shape index (κ1) is 14.3. The molecule has 0 bridgehead atoms. The van der Waals surface area contributed by atoms with Gasteiger partial charge in [-0.05, 0) is 36.8 Å². The maximum Gasteiger partial charge on any atom is 0.231 e. The fraction of sp³-hybridized carbons (Fsp3) is 0.235. The Bertz CT molecular complexity index is 736. The van der Waals surface area contributed by atoms with Gasteiger partial charge in [-0.1, -0.05) is 6.07 Å². The maximum absolute atomic E-state index is 11.7. The van der Waals surface area contributed by atoms with Crippen LogP contribution in [0.15, 0.2) is 30.3 Å². The lowest BCUT2D eigenvalue weighted by atomic mass is 9.99. The fourth-order valence-electron chi connectivity index (χ4n) is 2.45. The van der Waals surface area contributed by atoms with Crippen LogP contribution in [0.1, 0.15) is 17.3 Å². The summed E-state index contributed by atoms with van der Waals surface area (Å²) in [5.41, 5.74) is 2.19. The lowest BCUT2D eigenvalue weighted by Gasteiger charge is -2.15. The Morgan fingerprint density at radius 2 is 1.82 bits per heavy atom. The van der Waals surface area contributed by atoms with Gasteiger partial charge in [-0.15, -0.1) is 0 Å². The van der Waals surface area contributed by atoms with Crippen LogP contribution < -0.4 is 18.9 Å². The lowest BCUT2D eigenvalue weighted by Crippen LogP contribution is -1.99. The van der Waals surface area contributed by atoms with E-state index in [0.29, 0.717) is 28.6 Å². The number of fused-ring (bicyclic) bond motifs is 1. The number of Topliss-reactive ketones (excluding diaryl/α,β-unsaturated/α-hetero) is 1. The number of hydrogen-bond acceptors (Lipinski definition) is 5. The zero-order valence-electron chi connectivity index (χ0n) is 12.6. The Hall–Kier alpha value is -2.69. The zero-order chi connectivity index (χ0) is 15.7. The van der Waals surface area contributed by atoms with E-state index in [1.807, 2.05) is 18.2 Å². The molecule has 0 aromatic heterocycles. The average Bonchev–Trinajstić information content (AvgIpc) is 3.00. The first-order valence-electron chi connectivity index (χ1n) is 6.81. The van der Waals surface area contributed by atoms with Crippen LogP contribution in [0.5, 0.6) is 23.0 Å². The number of hydrogen-bond donors (Lipinski definition) is 0. The first-order valence-corrected chi connectivity index (χ1v) is 6.81. The van der Waals surface area contributed by atoms with Crippen molar-refractivity contribution in [2.75, 3.05) is 21.0 Å². The number of rotatable bonds is 4. The average molecular weight is 300 g/mol. The highest BCUT2D eigenvalue weighted by Gasteiger charge is 2.19. The largest absolute Gasteiger partial charge is 0.493 e. The second-order valence-electron chi connectivity index (χ2n) is 4.88. The minimum Gasteiger partial charge on any atom is -0.493 e. The van der Waals surface area contributed by atoms with Crippen LogP contribution in [-0.4, -0.2) is 26.8 Å². The molecule has 0 fully saturated rings. The number of ketones is 1. The Morgan fingerprint density at radius 3 is 2.50 bits per heavy atom. The molecule has 0 radical (unpaired) electrons. The molecule has 0 spiro atoms. The van der Waals surface area contributed by atoms with Gasteiger partial charge in [0.25, 0.3) is 0 Å². The lowest BCUT2D eigenvalue weighted by molar-refractivity contribution is 0.101. The molecule has 0 N–H and O–H groups in total. The van der Waals surface area contributed by atoms with Gasteiger partial charge in [0.1, 0.15) is 0 Å². The molecule has 0 atom stereocenters. The van der Waals surface area contributed by atoms with Crippen LogP contribution in [0.2, 0.25) is 0 Å². The number of carbonyl (C=O) groups is 1. The monoisotopic (exact) mass is 300 g/mol. The molecule has 1 aliphatic heterocycles. The van der Waals surface area contributed by atoms with E-state index < -0.39 is 0 Å². The summed E-state index contributed by atoms with van der Waals surface area (Å²) >= 11 is 0. The Morgan fingerprint density at radius 1 is 1.05 bits per heavy atom. The van der Waals surface area contributed by atoms with Crippen molar-refractivity contribution < 1.29 is 23.7 Å². The zero-order valence-corrected chi connectivity index (χ0v) is 12.6. The van der Waals surface area contributed by atoms with E-state index in [1.165, 1.54) is 6.92 Å². The van der Waals surface area contributed by atoms with E-state index in [4.69, 9.17) is 18.9 Å². The third-order valence-corrected chi connectivity index (χ3v) is 3.57. The Kier molecular flexibility index (Phi) is 3.63. The van der Waals surface area contributed by atoms with Gasteiger partial charge in [0, 0.05) is 11.1 Å².